The van der Waals surface area contributed by atoms with E-state index in [0.717, 1.165) is 32.1 Å². The second kappa shape index (κ2) is 8.65. The second-order valence-corrected chi connectivity index (χ2v) is 7.14. The van der Waals surface area contributed by atoms with Gasteiger partial charge in [-0.15, -0.1) is 0 Å². The van der Waals surface area contributed by atoms with Gasteiger partial charge in [-0.25, -0.2) is 0 Å². The monoisotopic (exact) mass is 353 g/mol. The Hall–Kier alpha value is -1.63. The average Bonchev–Trinajstić information content (AvgIpc) is 2.60. The minimum absolute atomic E-state index is 0.0754. The molecule has 2 aliphatic heterocycles. The van der Waals surface area contributed by atoms with Crippen LogP contribution in [0.15, 0.2) is 0 Å². The van der Waals surface area contributed by atoms with Crippen LogP contribution in [0, 0.1) is 5.92 Å². The first-order valence-corrected chi connectivity index (χ1v) is 9.44. The molecule has 3 rings (SSSR count). The molecule has 2 amide bonds. The molecule has 142 valence electrons. The van der Waals surface area contributed by atoms with Crippen LogP contribution in [0.25, 0.3) is 0 Å². The van der Waals surface area contributed by atoms with Crippen LogP contribution in [0.5, 0.6) is 0 Å². The van der Waals surface area contributed by atoms with Crippen LogP contribution in [-0.4, -0.2) is 53.5 Å². The lowest BCUT2D eigenvalue weighted by Gasteiger charge is -2.50. The Labute approximate surface area is 149 Å². The average molecular weight is 353 g/mol. The third-order valence-electron chi connectivity index (χ3n) is 5.40. The van der Waals surface area contributed by atoms with Gasteiger partial charge >= 0.3 is 5.97 Å². The molecule has 0 spiro atoms. The van der Waals surface area contributed by atoms with Gasteiger partial charge in [-0.2, -0.15) is 0 Å². The van der Waals surface area contributed by atoms with E-state index in [0.29, 0.717) is 13.0 Å². The number of nitrogens with two attached hydrogens (primary N) is 1. The van der Waals surface area contributed by atoms with Crippen LogP contribution in [0.2, 0.25) is 0 Å². The predicted octanol–water partition coefficient (Wildman–Crippen LogP) is 0.951. The van der Waals surface area contributed by atoms with Gasteiger partial charge in [-0.3, -0.25) is 19.7 Å². The maximum atomic E-state index is 13.0. The number of amides is 2. The van der Waals surface area contributed by atoms with Gasteiger partial charge in [0, 0.05) is 6.04 Å². The van der Waals surface area contributed by atoms with Crippen LogP contribution in [0.3, 0.4) is 0 Å². The molecule has 7 nitrogen and oxygen atoms in total. The lowest BCUT2D eigenvalue weighted by molar-refractivity contribution is -0.154. The Morgan fingerprint density at radius 2 is 1.84 bits per heavy atom. The minimum Gasteiger partial charge on any atom is -0.465 e. The van der Waals surface area contributed by atoms with Crippen molar-refractivity contribution in [3.8, 4) is 0 Å². The molecule has 3 aliphatic rings. The number of hydrogen-bond donors (Lipinski definition) is 2. The number of carbonyl (C=O) groups excluding carboxylic acids is 3. The summed E-state index contributed by atoms with van der Waals surface area (Å²) in [6, 6.07) is -1.53. The Bertz CT molecular complexity index is 503. The molecule has 1 aliphatic carbocycles. The van der Waals surface area contributed by atoms with Gasteiger partial charge in [0.15, 0.2) is 0 Å². The zero-order valence-electron chi connectivity index (χ0n) is 15.5. The molecule has 25 heavy (non-hydrogen) atoms. The summed E-state index contributed by atoms with van der Waals surface area (Å²) in [6.45, 7) is 5.79. The molecule has 0 radical (unpaired) electrons. The van der Waals surface area contributed by atoms with Gasteiger partial charge < -0.3 is 15.4 Å². The molecule has 0 aromatic heterocycles. The van der Waals surface area contributed by atoms with Crippen LogP contribution in [0.1, 0.15) is 59.3 Å². The van der Waals surface area contributed by atoms with Gasteiger partial charge in [0.05, 0.1) is 12.6 Å². The van der Waals surface area contributed by atoms with Gasteiger partial charge in [-0.05, 0) is 51.9 Å². The van der Waals surface area contributed by atoms with Crippen LogP contribution in [0.4, 0.5) is 0 Å². The summed E-state index contributed by atoms with van der Waals surface area (Å²) in [6.07, 6.45) is 5.14. The standard InChI is InChI=1S/C18H31N3O4/c1-4-6-14(18(24)25-5-2)20-11(3)17(23)21-13-9-7-12(8-10-13)15(21)16(19)22/h11-15,20H,4-10H2,1-3H3,(H2,19,22)/t11-,12?,13?,14-,15-/m0/s1. The van der Waals surface area contributed by atoms with Crippen molar-refractivity contribution < 1.29 is 19.1 Å². The first-order chi connectivity index (χ1) is 11.9. The Kier molecular flexibility index (Phi) is 6.81. The summed E-state index contributed by atoms with van der Waals surface area (Å²) >= 11 is 0. The summed E-state index contributed by atoms with van der Waals surface area (Å²) in [7, 11) is 0. The fourth-order valence-electron chi connectivity index (χ4n) is 4.23. The lowest BCUT2D eigenvalue weighted by Crippen LogP contribution is -2.65. The maximum absolute atomic E-state index is 13.0. The van der Waals surface area contributed by atoms with Gasteiger partial charge in [0.1, 0.15) is 12.1 Å². The molecule has 3 N–H and O–H groups in total. The van der Waals surface area contributed by atoms with Gasteiger partial charge in [-0.1, -0.05) is 13.3 Å². The lowest BCUT2D eigenvalue weighted by atomic mass is 9.74. The highest BCUT2D eigenvalue weighted by Gasteiger charge is 2.47. The van der Waals surface area contributed by atoms with Crippen molar-refractivity contribution in [1.82, 2.24) is 10.2 Å². The predicted molar refractivity (Wildman–Crippen MR) is 93.5 cm³/mol. The molecule has 7 heteroatoms. The number of primary amides is 1. The van der Waals surface area contributed by atoms with E-state index in [1.807, 2.05) is 6.92 Å². The summed E-state index contributed by atoms with van der Waals surface area (Å²) in [4.78, 5) is 38.7. The first-order valence-electron chi connectivity index (χ1n) is 9.44. The molecular weight excluding hydrogens is 322 g/mol. The van der Waals surface area contributed by atoms with E-state index in [-0.39, 0.29) is 23.8 Å². The van der Waals surface area contributed by atoms with Crippen molar-refractivity contribution >= 4 is 17.8 Å². The third-order valence-corrected chi connectivity index (χ3v) is 5.40. The van der Waals surface area contributed by atoms with Crippen molar-refractivity contribution in [2.75, 3.05) is 6.61 Å². The van der Waals surface area contributed by atoms with Crippen molar-refractivity contribution in [1.29, 1.82) is 0 Å². The van der Waals surface area contributed by atoms with E-state index in [1.165, 1.54) is 0 Å². The quantitative estimate of drug-likeness (QED) is 0.633. The largest absolute Gasteiger partial charge is 0.465 e. The SMILES string of the molecule is CCC[C@H](N[C@@H](C)C(=O)N1C2CCC(CC2)[C@H]1C(N)=O)C(=O)OCC. The molecule has 3 atom stereocenters. The molecule has 0 aromatic carbocycles. The number of carbonyl (C=O) groups is 3. The number of hydrogen-bond acceptors (Lipinski definition) is 5. The fourth-order valence-corrected chi connectivity index (χ4v) is 4.23. The minimum atomic E-state index is -0.567. The smallest absolute Gasteiger partial charge is 0.323 e. The van der Waals surface area contributed by atoms with E-state index >= 15 is 0 Å². The van der Waals surface area contributed by atoms with Crippen molar-refractivity contribution in [2.45, 2.75) is 83.5 Å². The normalized spacial score (nSPS) is 27.6. The number of nitrogens with one attached hydrogen (secondary N) is 1. The van der Waals surface area contributed by atoms with Crippen LogP contribution >= 0.6 is 0 Å². The number of esters is 1. The van der Waals surface area contributed by atoms with E-state index in [4.69, 9.17) is 10.5 Å². The number of ether oxygens (including phenoxy) is 1. The zero-order chi connectivity index (χ0) is 18.6. The van der Waals surface area contributed by atoms with Gasteiger partial charge in [0.25, 0.3) is 0 Å². The van der Waals surface area contributed by atoms with Gasteiger partial charge in [0.2, 0.25) is 11.8 Å². The molecule has 2 bridgehead atoms. The molecule has 0 aromatic rings. The highest BCUT2D eigenvalue weighted by atomic mass is 16.5. The molecule has 3 fully saturated rings. The molecular formula is C18H31N3O4. The Morgan fingerprint density at radius 3 is 2.36 bits per heavy atom. The van der Waals surface area contributed by atoms with Crippen LogP contribution < -0.4 is 11.1 Å². The van der Waals surface area contributed by atoms with E-state index in [9.17, 15) is 14.4 Å². The van der Waals surface area contributed by atoms with Crippen molar-refractivity contribution in [3.63, 3.8) is 0 Å². The fraction of sp³-hybridized carbons (Fsp3) is 0.833. The molecule has 1 saturated carbocycles. The zero-order valence-corrected chi connectivity index (χ0v) is 15.5. The Morgan fingerprint density at radius 1 is 1.20 bits per heavy atom. The van der Waals surface area contributed by atoms with Crippen molar-refractivity contribution in [3.05, 3.63) is 0 Å². The number of rotatable bonds is 8. The first kappa shape index (κ1) is 19.7. The second-order valence-electron chi connectivity index (χ2n) is 7.14. The number of fused-ring (bicyclic) bond motifs is 3. The molecule has 0 unspecified atom stereocenters. The topological polar surface area (TPSA) is 102 Å². The third kappa shape index (κ3) is 4.32. The van der Waals surface area contributed by atoms with E-state index in [1.54, 1.807) is 18.7 Å². The van der Waals surface area contributed by atoms with Crippen molar-refractivity contribution in [2.24, 2.45) is 11.7 Å². The van der Waals surface area contributed by atoms with E-state index in [2.05, 4.69) is 5.32 Å². The Balaban J connectivity index is 2.09. The highest BCUT2D eigenvalue weighted by Crippen LogP contribution is 2.39. The molecule has 2 saturated heterocycles. The van der Waals surface area contributed by atoms with Crippen LogP contribution in [-0.2, 0) is 19.1 Å². The summed E-state index contributed by atoms with van der Waals surface area (Å²) in [5, 5.41) is 3.10. The van der Waals surface area contributed by atoms with E-state index < -0.39 is 24.0 Å². The number of nitrogens with zero attached hydrogens (tertiary/aromatic N) is 1. The summed E-state index contributed by atoms with van der Waals surface area (Å²) in [5.41, 5.74) is 5.59. The number of piperidine rings is 2. The highest BCUT2D eigenvalue weighted by molar-refractivity contribution is 5.90. The molecule has 2 heterocycles. The maximum Gasteiger partial charge on any atom is 0.323 e. The summed E-state index contributed by atoms with van der Waals surface area (Å²) in [5.74, 6) is -0.750. The summed E-state index contributed by atoms with van der Waals surface area (Å²) < 4.78 is 5.09.